The Labute approximate surface area is 167 Å². The molecule has 0 atom stereocenters. The third kappa shape index (κ3) is 4.22. The van der Waals surface area contributed by atoms with Crippen LogP contribution in [-0.2, 0) is 4.79 Å². The first-order valence-electron chi connectivity index (χ1n) is 9.35. The third-order valence-electron chi connectivity index (χ3n) is 4.65. The van der Waals surface area contributed by atoms with E-state index in [2.05, 4.69) is 10.6 Å². The lowest BCUT2D eigenvalue weighted by atomic mass is 9.95. The van der Waals surface area contributed by atoms with Gasteiger partial charge in [-0.05, 0) is 49.1 Å². The lowest BCUT2D eigenvalue weighted by Gasteiger charge is -2.18. The number of amides is 1. The third-order valence-corrected chi connectivity index (χ3v) is 4.65. The van der Waals surface area contributed by atoms with E-state index in [9.17, 15) is 4.79 Å². The Morgan fingerprint density at radius 1 is 1.18 bits per heavy atom. The molecule has 0 saturated heterocycles. The molecule has 28 heavy (non-hydrogen) atoms. The normalized spacial score (nSPS) is 11.6. The van der Waals surface area contributed by atoms with E-state index >= 15 is 0 Å². The van der Waals surface area contributed by atoms with Gasteiger partial charge in [0.2, 0.25) is 0 Å². The van der Waals surface area contributed by atoms with E-state index in [1.54, 1.807) is 14.2 Å². The summed E-state index contributed by atoms with van der Waals surface area (Å²) in [7, 11) is 3.39. The number of para-hydroxylation sites is 1. The van der Waals surface area contributed by atoms with Gasteiger partial charge in [0.05, 0.1) is 12.8 Å². The van der Waals surface area contributed by atoms with Crippen LogP contribution >= 0.6 is 0 Å². The first-order chi connectivity index (χ1) is 13.3. The fourth-order valence-corrected chi connectivity index (χ4v) is 3.32. The van der Waals surface area contributed by atoms with Crippen LogP contribution in [0.15, 0.2) is 36.0 Å². The van der Waals surface area contributed by atoms with Gasteiger partial charge < -0.3 is 26.8 Å². The SMILES string of the molecule is CCCNC(=O)/C(N)=C(\NC)c1cccc(-c2cc(C)c(OC)c(C)c2)c1N. The van der Waals surface area contributed by atoms with Crippen molar-refractivity contribution in [1.29, 1.82) is 0 Å². The summed E-state index contributed by atoms with van der Waals surface area (Å²) in [5.41, 5.74) is 18.4. The van der Waals surface area contributed by atoms with Crippen LogP contribution in [0, 0.1) is 13.8 Å². The number of nitrogens with two attached hydrogens (primary N) is 2. The number of carbonyl (C=O) groups is 1. The molecule has 6 N–H and O–H groups in total. The maximum absolute atomic E-state index is 12.3. The molecular formula is C22H30N4O2. The van der Waals surface area contributed by atoms with E-state index in [-0.39, 0.29) is 11.6 Å². The minimum absolute atomic E-state index is 0.113. The van der Waals surface area contributed by atoms with Gasteiger partial charge in [0, 0.05) is 30.4 Å². The monoisotopic (exact) mass is 382 g/mol. The second-order valence-electron chi connectivity index (χ2n) is 6.70. The molecule has 0 unspecified atom stereocenters. The average Bonchev–Trinajstić information content (AvgIpc) is 2.67. The summed E-state index contributed by atoms with van der Waals surface area (Å²) >= 11 is 0. The first kappa shape index (κ1) is 21.2. The molecule has 0 bridgehead atoms. The zero-order valence-electron chi connectivity index (χ0n) is 17.3. The van der Waals surface area contributed by atoms with Gasteiger partial charge >= 0.3 is 0 Å². The van der Waals surface area contributed by atoms with E-state index in [4.69, 9.17) is 16.2 Å². The second kappa shape index (κ2) is 9.17. The molecule has 2 aromatic rings. The highest BCUT2D eigenvalue weighted by atomic mass is 16.5. The van der Waals surface area contributed by atoms with E-state index in [1.165, 1.54) is 0 Å². The predicted molar refractivity (Wildman–Crippen MR) is 116 cm³/mol. The summed E-state index contributed by atoms with van der Waals surface area (Å²) in [6.07, 6.45) is 0.835. The van der Waals surface area contributed by atoms with Gasteiger partial charge in [0.15, 0.2) is 0 Å². The van der Waals surface area contributed by atoms with Crippen molar-refractivity contribution < 1.29 is 9.53 Å². The van der Waals surface area contributed by atoms with Crippen molar-refractivity contribution in [2.75, 3.05) is 26.4 Å². The molecule has 150 valence electrons. The van der Waals surface area contributed by atoms with Gasteiger partial charge in [-0.25, -0.2) is 0 Å². The molecule has 0 aliphatic rings. The molecule has 0 aliphatic heterocycles. The molecule has 0 aromatic heterocycles. The summed E-state index contributed by atoms with van der Waals surface area (Å²) in [4.78, 5) is 12.3. The van der Waals surface area contributed by atoms with Crippen LogP contribution in [0.4, 0.5) is 5.69 Å². The van der Waals surface area contributed by atoms with Gasteiger partial charge in [-0.2, -0.15) is 0 Å². The second-order valence-corrected chi connectivity index (χ2v) is 6.70. The van der Waals surface area contributed by atoms with Gasteiger partial charge in [-0.1, -0.05) is 25.1 Å². The van der Waals surface area contributed by atoms with Crippen LogP contribution in [0.25, 0.3) is 16.8 Å². The van der Waals surface area contributed by atoms with Crippen molar-refractivity contribution in [3.8, 4) is 16.9 Å². The zero-order chi connectivity index (χ0) is 20.8. The molecule has 0 spiro atoms. The fraction of sp³-hybridized carbons (Fsp3) is 0.318. The molecule has 2 rings (SSSR count). The minimum atomic E-state index is -0.313. The van der Waals surface area contributed by atoms with E-state index in [0.717, 1.165) is 34.4 Å². The van der Waals surface area contributed by atoms with Crippen LogP contribution in [0.2, 0.25) is 0 Å². The Kier molecular flexibility index (Phi) is 6.93. The van der Waals surface area contributed by atoms with E-state index in [0.29, 0.717) is 23.5 Å². The quantitative estimate of drug-likeness (QED) is 0.436. The zero-order valence-corrected chi connectivity index (χ0v) is 17.3. The van der Waals surface area contributed by atoms with Crippen LogP contribution in [0.5, 0.6) is 5.75 Å². The number of benzene rings is 2. The van der Waals surface area contributed by atoms with E-state index in [1.807, 2.05) is 51.1 Å². The molecule has 6 heteroatoms. The predicted octanol–water partition coefficient (Wildman–Crippen LogP) is 2.93. The van der Waals surface area contributed by atoms with Crippen molar-refractivity contribution in [1.82, 2.24) is 10.6 Å². The van der Waals surface area contributed by atoms with Crippen molar-refractivity contribution in [3.05, 3.63) is 52.7 Å². The lowest BCUT2D eigenvalue weighted by molar-refractivity contribution is -0.117. The Morgan fingerprint density at radius 2 is 1.82 bits per heavy atom. The number of aryl methyl sites for hydroxylation is 2. The number of nitrogens with one attached hydrogen (secondary N) is 2. The summed E-state index contributed by atoms with van der Waals surface area (Å²) in [6.45, 7) is 6.56. The largest absolute Gasteiger partial charge is 0.496 e. The standard InChI is InChI=1S/C22H30N4O2/c1-6-10-26-22(27)19(24)20(25-4)17-9-7-8-16(18(17)23)15-11-13(2)21(28-5)14(3)12-15/h7-9,11-12,25H,6,10,23-24H2,1-5H3,(H,26,27)/b20-19+. The Balaban J connectivity index is 2.57. The smallest absolute Gasteiger partial charge is 0.269 e. The van der Waals surface area contributed by atoms with Gasteiger partial charge in [-0.15, -0.1) is 0 Å². The Bertz CT molecular complexity index is 880. The topological polar surface area (TPSA) is 102 Å². The maximum atomic E-state index is 12.3. The van der Waals surface area contributed by atoms with Crippen molar-refractivity contribution in [3.63, 3.8) is 0 Å². The van der Waals surface area contributed by atoms with Crippen molar-refractivity contribution in [2.24, 2.45) is 5.73 Å². The number of carbonyl (C=O) groups excluding carboxylic acids is 1. The molecule has 0 heterocycles. The van der Waals surface area contributed by atoms with Crippen LogP contribution in [0.1, 0.15) is 30.0 Å². The number of rotatable bonds is 7. The number of anilines is 1. The number of hydrogen-bond acceptors (Lipinski definition) is 5. The highest BCUT2D eigenvalue weighted by Crippen LogP contribution is 2.35. The van der Waals surface area contributed by atoms with Gasteiger partial charge in [0.25, 0.3) is 5.91 Å². The average molecular weight is 383 g/mol. The number of hydrogen-bond donors (Lipinski definition) is 4. The van der Waals surface area contributed by atoms with Crippen LogP contribution < -0.4 is 26.8 Å². The number of nitrogen functional groups attached to an aromatic ring is 1. The summed E-state index contributed by atoms with van der Waals surface area (Å²) in [6, 6.07) is 9.81. The minimum Gasteiger partial charge on any atom is -0.496 e. The summed E-state index contributed by atoms with van der Waals surface area (Å²) in [5.74, 6) is 0.554. The molecule has 1 amide bonds. The number of methoxy groups -OCH3 is 1. The van der Waals surface area contributed by atoms with E-state index < -0.39 is 0 Å². The fourth-order valence-electron chi connectivity index (χ4n) is 3.32. The van der Waals surface area contributed by atoms with Gasteiger partial charge in [0.1, 0.15) is 11.4 Å². The summed E-state index contributed by atoms with van der Waals surface area (Å²) < 4.78 is 5.46. The highest BCUT2D eigenvalue weighted by molar-refractivity contribution is 6.02. The molecule has 6 nitrogen and oxygen atoms in total. The number of ether oxygens (including phenoxy) is 1. The molecule has 2 aromatic carbocycles. The van der Waals surface area contributed by atoms with Crippen LogP contribution in [-0.4, -0.2) is 26.6 Å². The van der Waals surface area contributed by atoms with Crippen molar-refractivity contribution >= 4 is 17.3 Å². The highest BCUT2D eigenvalue weighted by Gasteiger charge is 2.17. The summed E-state index contributed by atoms with van der Waals surface area (Å²) in [5, 5.41) is 5.82. The Hall–Kier alpha value is -3.15. The molecular weight excluding hydrogens is 352 g/mol. The van der Waals surface area contributed by atoms with Gasteiger partial charge in [-0.3, -0.25) is 4.79 Å². The molecule has 0 aliphatic carbocycles. The van der Waals surface area contributed by atoms with Crippen molar-refractivity contribution in [2.45, 2.75) is 27.2 Å². The molecule has 0 radical (unpaired) electrons. The Morgan fingerprint density at radius 3 is 2.36 bits per heavy atom. The first-order valence-corrected chi connectivity index (χ1v) is 9.35. The van der Waals surface area contributed by atoms with Crippen LogP contribution in [0.3, 0.4) is 0 Å². The molecule has 0 saturated carbocycles. The maximum Gasteiger partial charge on any atom is 0.269 e. The molecule has 0 fully saturated rings. The lowest BCUT2D eigenvalue weighted by Crippen LogP contribution is -2.32.